The zero-order valence-corrected chi connectivity index (χ0v) is 17.2. The van der Waals surface area contributed by atoms with Gasteiger partial charge in [-0.2, -0.15) is 0 Å². The summed E-state index contributed by atoms with van der Waals surface area (Å²) in [5.74, 6) is -2.36. The van der Waals surface area contributed by atoms with Crippen LogP contribution in [0, 0.1) is 0 Å². The van der Waals surface area contributed by atoms with Gasteiger partial charge >= 0.3 is 5.97 Å². The second-order valence-electron chi connectivity index (χ2n) is 6.14. The van der Waals surface area contributed by atoms with Crippen molar-refractivity contribution >= 4 is 46.8 Å². The molecule has 0 spiro atoms. The van der Waals surface area contributed by atoms with Crippen molar-refractivity contribution in [2.24, 2.45) is 0 Å². The smallest absolute Gasteiger partial charge is 0.322 e. The summed E-state index contributed by atoms with van der Waals surface area (Å²) in [6.45, 7) is -0.563. The number of nitrogens with one attached hydrogen (secondary N) is 2. The Hall–Kier alpha value is -3.42. The van der Waals surface area contributed by atoms with Gasteiger partial charge in [0.15, 0.2) is 0 Å². The fourth-order valence-electron chi connectivity index (χ4n) is 2.57. The molecule has 0 saturated carbocycles. The first-order valence-corrected chi connectivity index (χ1v) is 10.1. The average Bonchev–Trinajstić information content (AvgIpc) is 3.20. The van der Waals surface area contributed by atoms with E-state index in [1.807, 2.05) is 24.3 Å². The van der Waals surface area contributed by atoms with Crippen LogP contribution in [0.25, 0.3) is 16.5 Å². The van der Waals surface area contributed by atoms with Gasteiger partial charge in [0.25, 0.3) is 11.8 Å². The molecule has 0 bridgehead atoms. The molecule has 3 N–H and O–H groups in total. The van der Waals surface area contributed by atoms with Crippen LogP contribution in [-0.2, 0) is 9.59 Å². The number of thiophene rings is 1. The van der Waals surface area contributed by atoms with Crippen LogP contribution in [0.15, 0.2) is 72.4 Å². The van der Waals surface area contributed by atoms with Gasteiger partial charge in [-0.05, 0) is 36.4 Å². The number of benzene rings is 2. The molecule has 0 saturated heterocycles. The lowest BCUT2D eigenvalue weighted by molar-refractivity contribution is -0.137. The molecule has 2 amide bonds. The number of hydrogen-bond donors (Lipinski definition) is 3. The monoisotopic (exact) mass is 440 g/mol. The Balaban J connectivity index is 1.88. The van der Waals surface area contributed by atoms with Crippen LogP contribution >= 0.6 is 22.9 Å². The van der Waals surface area contributed by atoms with Gasteiger partial charge in [-0.25, -0.2) is 0 Å². The fourth-order valence-corrected chi connectivity index (χ4v) is 3.86. The maximum atomic E-state index is 12.5. The van der Waals surface area contributed by atoms with Crippen molar-refractivity contribution < 1.29 is 19.5 Å². The molecule has 152 valence electrons. The summed E-state index contributed by atoms with van der Waals surface area (Å²) in [6.07, 6.45) is 1.50. The normalized spacial score (nSPS) is 11.0. The van der Waals surface area contributed by atoms with Gasteiger partial charge < -0.3 is 15.7 Å². The first-order chi connectivity index (χ1) is 14.4. The summed E-state index contributed by atoms with van der Waals surface area (Å²) < 4.78 is 0. The topological polar surface area (TPSA) is 95.5 Å². The van der Waals surface area contributed by atoms with Crippen LogP contribution in [0.5, 0.6) is 0 Å². The molecular weight excluding hydrogens is 424 g/mol. The van der Waals surface area contributed by atoms with Crippen molar-refractivity contribution in [2.45, 2.75) is 0 Å². The van der Waals surface area contributed by atoms with E-state index in [9.17, 15) is 14.4 Å². The van der Waals surface area contributed by atoms with Crippen molar-refractivity contribution in [3.8, 4) is 10.4 Å². The maximum absolute atomic E-state index is 12.5. The Morgan fingerprint density at radius 2 is 1.67 bits per heavy atom. The van der Waals surface area contributed by atoms with E-state index in [4.69, 9.17) is 16.7 Å². The van der Waals surface area contributed by atoms with Crippen LogP contribution in [0.3, 0.4) is 0 Å². The molecule has 1 heterocycles. The second kappa shape index (κ2) is 9.87. The molecular formula is C22H17ClN2O4S. The second-order valence-corrected chi connectivity index (χ2v) is 7.66. The van der Waals surface area contributed by atoms with Gasteiger partial charge in [-0.3, -0.25) is 14.4 Å². The highest BCUT2D eigenvalue weighted by Crippen LogP contribution is 2.33. The number of aliphatic carboxylic acids is 1. The molecule has 0 unspecified atom stereocenters. The molecule has 8 heteroatoms. The zero-order valence-electron chi connectivity index (χ0n) is 15.6. The maximum Gasteiger partial charge on any atom is 0.322 e. The van der Waals surface area contributed by atoms with Crippen LogP contribution in [-0.4, -0.2) is 29.4 Å². The number of carboxylic acid groups (broad SMARTS) is 1. The van der Waals surface area contributed by atoms with Gasteiger partial charge in [-0.1, -0.05) is 48.0 Å². The molecule has 6 nitrogen and oxygen atoms in total. The average molecular weight is 441 g/mol. The SMILES string of the molecule is O=C(O)CNC(=O)/C(=C/c1ccc(-c2ccccc2Cl)s1)NC(=O)c1ccccc1. The Kier molecular flexibility index (Phi) is 7.00. The zero-order chi connectivity index (χ0) is 21.5. The molecule has 0 aliphatic rings. The van der Waals surface area contributed by atoms with Crippen molar-refractivity contribution in [3.63, 3.8) is 0 Å². The summed E-state index contributed by atoms with van der Waals surface area (Å²) >= 11 is 7.63. The van der Waals surface area contributed by atoms with E-state index in [2.05, 4.69) is 10.6 Å². The largest absolute Gasteiger partial charge is 0.480 e. The summed E-state index contributed by atoms with van der Waals surface area (Å²) in [5, 5.41) is 14.3. The lowest BCUT2D eigenvalue weighted by atomic mass is 10.2. The molecule has 0 radical (unpaired) electrons. The minimum atomic E-state index is -1.19. The molecule has 0 fully saturated rings. The predicted molar refractivity (Wildman–Crippen MR) is 117 cm³/mol. The van der Waals surface area contributed by atoms with Gasteiger partial charge in [-0.15, -0.1) is 11.3 Å². The Morgan fingerprint density at radius 1 is 0.967 bits per heavy atom. The Morgan fingerprint density at radius 3 is 2.37 bits per heavy atom. The third kappa shape index (κ3) is 5.56. The summed E-state index contributed by atoms with van der Waals surface area (Å²) in [6, 6.07) is 19.5. The summed E-state index contributed by atoms with van der Waals surface area (Å²) in [4.78, 5) is 37.3. The van der Waals surface area contributed by atoms with Crippen LogP contribution < -0.4 is 10.6 Å². The third-order valence-electron chi connectivity index (χ3n) is 3.98. The van der Waals surface area contributed by atoms with E-state index in [1.54, 1.807) is 42.5 Å². The number of rotatable bonds is 7. The molecule has 0 aliphatic heterocycles. The Bertz CT molecular complexity index is 1110. The highest BCUT2D eigenvalue weighted by Gasteiger charge is 2.16. The fraction of sp³-hybridized carbons (Fsp3) is 0.0455. The van der Waals surface area contributed by atoms with Gasteiger partial charge in [0, 0.05) is 25.9 Å². The number of carbonyl (C=O) groups excluding carboxylic acids is 2. The molecule has 0 aliphatic carbocycles. The van der Waals surface area contributed by atoms with Gasteiger partial charge in [0.1, 0.15) is 12.2 Å². The number of halogens is 1. The molecule has 1 aromatic heterocycles. The third-order valence-corrected chi connectivity index (χ3v) is 5.38. The molecule has 0 atom stereocenters. The van der Waals surface area contributed by atoms with Crippen molar-refractivity contribution in [1.29, 1.82) is 0 Å². The first-order valence-electron chi connectivity index (χ1n) is 8.87. The van der Waals surface area contributed by atoms with Gasteiger partial charge in [0.2, 0.25) is 0 Å². The van der Waals surface area contributed by atoms with Crippen molar-refractivity contribution in [3.05, 3.63) is 87.9 Å². The van der Waals surface area contributed by atoms with E-state index in [-0.39, 0.29) is 5.70 Å². The molecule has 3 rings (SSSR count). The van der Waals surface area contributed by atoms with Gasteiger partial charge in [0.05, 0.1) is 0 Å². The number of carbonyl (C=O) groups is 3. The van der Waals surface area contributed by atoms with E-state index in [1.165, 1.54) is 17.4 Å². The summed E-state index contributed by atoms with van der Waals surface area (Å²) in [5.41, 5.74) is 1.17. The highest BCUT2D eigenvalue weighted by atomic mass is 35.5. The summed E-state index contributed by atoms with van der Waals surface area (Å²) in [7, 11) is 0. The molecule has 30 heavy (non-hydrogen) atoms. The molecule has 2 aromatic carbocycles. The predicted octanol–water partition coefficient (Wildman–Crippen LogP) is 4.04. The van der Waals surface area contributed by atoms with Crippen LogP contribution in [0.4, 0.5) is 0 Å². The minimum Gasteiger partial charge on any atom is -0.480 e. The van der Waals surface area contributed by atoms with E-state index in [0.717, 1.165) is 10.4 Å². The van der Waals surface area contributed by atoms with Crippen LogP contribution in [0.1, 0.15) is 15.2 Å². The molecule has 3 aromatic rings. The lowest BCUT2D eigenvalue weighted by Gasteiger charge is -2.10. The standard InChI is InChI=1S/C22H17ClN2O4S/c23-17-9-5-4-8-16(17)19-11-10-15(30-19)12-18(22(29)24-13-20(26)27)25-21(28)14-6-2-1-3-7-14/h1-12H,13H2,(H,24,29)(H,25,28)(H,26,27)/b18-12-. The first kappa shape index (κ1) is 21.3. The van der Waals surface area contributed by atoms with E-state index in [0.29, 0.717) is 15.5 Å². The minimum absolute atomic E-state index is 0.0577. The quantitative estimate of drug-likeness (QED) is 0.483. The number of hydrogen-bond acceptors (Lipinski definition) is 4. The van der Waals surface area contributed by atoms with Crippen LogP contribution in [0.2, 0.25) is 5.02 Å². The van der Waals surface area contributed by atoms with E-state index >= 15 is 0 Å². The number of carboxylic acids is 1. The van der Waals surface area contributed by atoms with Crippen molar-refractivity contribution in [2.75, 3.05) is 6.54 Å². The highest BCUT2D eigenvalue weighted by molar-refractivity contribution is 7.16. The Labute approximate surface area is 181 Å². The van der Waals surface area contributed by atoms with Crippen molar-refractivity contribution in [1.82, 2.24) is 10.6 Å². The lowest BCUT2D eigenvalue weighted by Crippen LogP contribution is -2.37. The van der Waals surface area contributed by atoms with E-state index < -0.39 is 24.3 Å². The number of amides is 2.